The molecule has 2 heterocycles. The minimum atomic E-state index is -0.669. The molecule has 0 bridgehead atoms. The Morgan fingerprint density at radius 1 is 1.14 bits per heavy atom. The number of rotatable bonds is 15. The monoisotopic (exact) mass is 698 g/mol. The summed E-state index contributed by atoms with van der Waals surface area (Å²) in [4.78, 5) is 40.5. The summed E-state index contributed by atoms with van der Waals surface area (Å²) in [6.07, 6.45) is 3.87. The number of thiazole rings is 1. The van der Waals surface area contributed by atoms with Crippen molar-refractivity contribution in [3.8, 4) is 17.2 Å². The quantitative estimate of drug-likeness (QED) is 0.121. The van der Waals surface area contributed by atoms with E-state index in [1.54, 1.807) is 24.4 Å². The molecule has 1 atom stereocenters. The molecule has 1 aliphatic rings. The molecule has 0 saturated carbocycles. The summed E-state index contributed by atoms with van der Waals surface area (Å²) in [5.41, 5.74) is 1.57. The van der Waals surface area contributed by atoms with E-state index in [1.165, 1.54) is 18.4 Å². The SMILES string of the molecule is CCCC(=O)NCCOCCOc1cc2c(cc1Oc1c[c-]c(C(=O)OC)cc1)[C@@](C)(CC(=O)Nc1nccs1)NCC2.[Y]. The van der Waals surface area contributed by atoms with Crippen molar-refractivity contribution < 1.29 is 66.0 Å². The maximum atomic E-state index is 12.9. The van der Waals surface area contributed by atoms with Crippen LogP contribution in [0.4, 0.5) is 5.13 Å². The Morgan fingerprint density at radius 2 is 1.98 bits per heavy atom. The maximum Gasteiger partial charge on any atom is 0.249 e. The molecule has 1 aliphatic heterocycles. The Bertz CT molecular complexity index is 1390. The Labute approximate surface area is 286 Å². The van der Waals surface area contributed by atoms with Crippen LogP contribution in [0.15, 0.2) is 41.9 Å². The van der Waals surface area contributed by atoms with Gasteiger partial charge in [-0.2, -0.15) is 0 Å². The fourth-order valence-corrected chi connectivity index (χ4v) is 5.28. The van der Waals surface area contributed by atoms with Gasteiger partial charge in [0.15, 0.2) is 16.6 Å². The van der Waals surface area contributed by atoms with E-state index in [0.717, 1.165) is 24.0 Å². The summed E-state index contributed by atoms with van der Waals surface area (Å²) in [6, 6.07) is 11.5. The number of esters is 1. The fourth-order valence-electron chi connectivity index (χ4n) is 4.74. The third-order valence-electron chi connectivity index (χ3n) is 6.81. The number of fused-ring (bicyclic) bond motifs is 1. The van der Waals surface area contributed by atoms with Crippen molar-refractivity contribution >= 4 is 34.3 Å². The van der Waals surface area contributed by atoms with Crippen LogP contribution < -0.4 is 25.4 Å². The smallest absolute Gasteiger partial charge is 0.249 e. The number of anilines is 1. The van der Waals surface area contributed by atoms with Crippen LogP contribution in [0.2, 0.25) is 0 Å². The zero-order valence-corrected chi connectivity index (χ0v) is 28.9. The van der Waals surface area contributed by atoms with E-state index in [1.807, 2.05) is 31.4 Å². The van der Waals surface area contributed by atoms with Crippen LogP contribution in [0.1, 0.15) is 54.6 Å². The van der Waals surface area contributed by atoms with Gasteiger partial charge in [0.25, 0.3) is 0 Å². The summed E-state index contributed by atoms with van der Waals surface area (Å²) < 4.78 is 22.7. The molecule has 0 aliphatic carbocycles. The van der Waals surface area contributed by atoms with Crippen molar-refractivity contribution in [1.82, 2.24) is 15.6 Å². The van der Waals surface area contributed by atoms with Crippen molar-refractivity contribution in [3.05, 3.63) is 64.7 Å². The summed E-state index contributed by atoms with van der Waals surface area (Å²) in [5.74, 6) is 0.775. The van der Waals surface area contributed by atoms with Crippen LogP contribution in [0.3, 0.4) is 0 Å². The van der Waals surface area contributed by atoms with E-state index in [4.69, 9.17) is 18.9 Å². The van der Waals surface area contributed by atoms with Crippen molar-refractivity contribution in [2.24, 2.45) is 0 Å². The first-order valence-corrected chi connectivity index (χ1v) is 15.1. The largest absolute Gasteiger partial charge is 0.509 e. The summed E-state index contributed by atoms with van der Waals surface area (Å²) in [6.45, 7) is 6.02. The van der Waals surface area contributed by atoms with Gasteiger partial charge in [-0.15, -0.1) is 35.6 Å². The number of benzene rings is 2. The molecule has 44 heavy (non-hydrogen) atoms. The van der Waals surface area contributed by atoms with Crippen molar-refractivity contribution in [2.75, 3.05) is 45.3 Å². The molecule has 233 valence electrons. The van der Waals surface area contributed by atoms with E-state index in [9.17, 15) is 14.4 Å². The number of hydrogen-bond donors (Lipinski definition) is 3. The third-order valence-corrected chi connectivity index (χ3v) is 7.50. The predicted octanol–water partition coefficient (Wildman–Crippen LogP) is 4.22. The molecule has 2 aromatic carbocycles. The summed E-state index contributed by atoms with van der Waals surface area (Å²) in [5, 5.41) is 11.5. The zero-order chi connectivity index (χ0) is 30.7. The molecule has 13 heteroatoms. The summed E-state index contributed by atoms with van der Waals surface area (Å²) >= 11 is 1.36. The van der Waals surface area contributed by atoms with Gasteiger partial charge in [0, 0.05) is 81.5 Å². The van der Waals surface area contributed by atoms with Crippen molar-refractivity contribution in [1.29, 1.82) is 0 Å². The van der Waals surface area contributed by atoms with Gasteiger partial charge in [-0.1, -0.05) is 12.5 Å². The van der Waals surface area contributed by atoms with E-state index < -0.39 is 11.5 Å². The predicted molar refractivity (Wildman–Crippen MR) is 162 cm³/mol. The number of nitrogens with one attached hydrogen (secondary N) is 3. The molecule has 0 spiro atoms. The first-order chi connectivity index (χ1) is 20.8. The second-order valence-electron chi connectivity index (χ2n) is 10.1. The first kappa shape index (κ1) is 35.6. The number of nitrogens with zero attached hydrogens (tertiary/aromatic N) is 1. The minimum Gasteiger partial charge on any atom is -0.509 e. The Morgan fingerprint density at radius 3 is 2.68 bits per heavy atom. The van der Waals surface area contributed by atoms with Crippen LogP contribution in [-0.4, -0.2) is 62.8 Å². The fraction of sp³-hybridized carbons (Fsp3) is 0.419. The van der Waals surface area contributed by atoms with Gasteiger partial charge < -0.3 is 39.7 Å². The number of methoxy groups -OCH3 is 1. The van der Waals surface area contributed by atoms with Gasteiger partial charge >= 0.3 is 0 Å². The third kappa shape index (κ3) is 10.1. The number of carbonyl (C=O) groups is 3. The van der Waals surface area contributed by atoms with E-state index in [2.05, 4.69) is 27.0 Å². The minimum absolute atomic E-state index is 0. The normalized spacial score (nSPS) is 15.3. The Kier molecular flexibility index (Phi) is 14.2. The molecule has 1 radical (unpaired) electrons. The number of ether oxygens (including phenoxy) is 4. The Balaban J connectivity index is 0.00000529. The van der Waals surface area contributed by atoms with Crippen molar-refractivity contribution in [3.63, 3.8) is 0 Å². The second kappa shape index (κ2) is 17.6. The molecule has 3 aromatic rings. The van der Waals surface area contributed by atoms with Crippen LogP contribution in [0, 0.1) is 6.07 Å². The number of amides is 2. The standard InChI is InChI=1S/C31H37N4O7S.Y/c1-4-5-27(36)32-12-14-40-15-16-41-25-18-22-10-11-34-31(2,20-28(37)35-30-33-13-17-43-30)24(22)19-26(25)42-23-8-6-21(7-9-23)29(38)39-3;/h6,8-9,13,17-19,34H,4-5,10-12,14-16,20H2,1-3H3,(H,32,36)(H,33,35,37);/q-1;/t31-;/m1./s1. The average molecular weight is 699 g/mol. The first-order valence-electron chi connectivity index (χ1n) is 14.2. The van der Waals surface area contributed by atoms with Gasteiger partial charge in [-0.3, -0.25) is 9.59 Å². The molecule has 1 aromatic heterocycles. The number of aromatic nitrogens is 1. The van der Waals surface area contributed by atoms with E-state index in [0.29, 0.717) is 55.1 Å². The topological polar surface area (TPSA) is 137 Å². The molecule has 0 fully saturated rings. The van der Waals surface area contributed by atoms with Gasteiger partial charge in [-0.25, -0.2) is 4.98 Å². The number of carbonyl (C=O) groups excluding carboxylic acids is 3. The Hall–Kier alpha value is -2.90. The molecule has 2 amide bonds. The van der Waals surface area contributed by atoms with Crippen LogP contribution in [0.25, 0.3) is 0 Å². The number of hydrogen-bond acceptors (Lipinski definition) is 10. The van der Waals surface area contributed by atoms with Crippen molar-refractivity contribution in [2.45, 2.75) is 45.1 Å². The van der Waals surface area contributed by atoms with Crippen LogP contribution in [-0.2, 0) is 63.7 Å². The molecule has 0 saturated heterocycles. The van der Waals surface area contributed by atoms with Gasteiger partial charge in [0.05, 0.1) is 20.3 Å². The van der Waals surface area contributed by atoms with E-state index >= 15 is 0 Å². The molecule has 0 unspecified atom stereocenters. The van der Waals surface area contributed by atoms with Gasteiger partial charge in [0.1, 0.15) is 6.61 Å². The molecule has 11 nitrogen and oxygen atoms in total. The molecular weight excluding hydrogens is 661 g/mol. The molecule has 3 N–H and O–H groups in total. The zero-order valence-electron chi connectivity index (χ0n) is 25.2. The van der Waals surface area contributed by atoms with E-state index in [-0.39, 0.29) is 63.1 Å². The van der Waals surface area contributed by atoms with Gasteiger partial charge in [-0.05, 0) is 43.0 Å². The van der Waals surface area contributed by atoms with Crippen LogP contribution in [0.5, 0.6) is 17.2 Å². The average Bonchev–Trinajstić information content (AvgIpc) is 3.50. The molecule has 4 rings (SSSR count). The molecular formula is C31H37N4O7SY-. The second-order valence-corrected chi connectivity index (χ2v) is 11.0. The summed E-state index contributed by atoms with van der Waals surface area (Å²) in [7, 11) is 1.31. The maximum absolute atomic E-state index is 12.9. The van der Waals surface area contributed by atoms with Crippen LogP contribution >= 0.6 is 11.3 Å². The van der Waals surface area contributed by atoms with Gasteiger partial charge in [0.2, 0.25) is 17.8 Å².